The number of aromatic nitrogens is 4. The van der Waals surface area contributed by atoms with E-state index >= 15 is 0 Å². The molecule has 0 N–H and O–H groups in total. The molecule has 0 aliphatic carbocycles. The summed E-state index contributed by atoms with van der Waals surface area (Å²) in [6.45, 7) is 3.98. The molecule has 2 aromatic heterocycles. The third-order valence-electron chi connectivity index (χ3n) is 7.00. The highest BCUT2D eigenvalue weighted by Crippen LogP contribution is 2.34. The van der Waals surface area contributed by atoms with Crippen molar-refractivity contribution in [1.82, 2.24) is 19.5 Å². The van der Waals surface area contributed by atoms with Crippen LogP contribution in [-0.4, -0.2) is 19.5 Å². The van der Waals surface area contributed by atoms with Gasteiger partial charge in [-0.15, -0.1) is 0 Å². The molecule has 39 heavy (non-hydrogen) atoms. The largest absolute Gasteiger partial charge is 0.309 e. The molecule has 4 heteroatoms. The van der Waals surface area contributed by atoms with E-state index in [1.165, 1.54) is 10.8 Å². The summed E-state index contributed by atoms with van der Waals surface area (Å²) in [6, 6.07) is 43.5. The SMILES string of the molecule is C=Cc1ccc2c3ccccc3n(-c3cccc(-c4nc(-c5ccccc5)nc(-c5ccccc5)n4)c3)c2c1. The lowest BCUT2D eigenvalue weighted by molar-refractivity contribution is 1.07. The lowest BCUT2D eigenvalue weighted by Gasteiger charge is -2.11. The van der Waals surface area contributed by atoms with Crippen LogP contribution in [0.25, 0.3) is 67.7 Å². The molecule has 0 saturated carbocycles. The highest BCUT2D eigenvalue weighted by Gasteiger charge is 2.15. The lowest BCUT2D eigenvalue weighted by atomic mass is 10.1. The molecule has 7 rings (SSSR count). The summed E-state index contributed by atoms with van der Waals surface area (Å²) < 4.78 is 2.30. The maximum atomic E-state index is 4.93. The summed E-state index contributed by atoms with van der Waals surface area (Å²) in [5, 5.41) is 2.42. The summed E-state index contributed by atoms with van der Waals surface area (Å²) in [4.78, 5) is 14.7. The molecule has 5 aromatic carbocycles. The minimum absolute atomic E-state index is 0.636. The van der Waals surface area contributed by atoms with Crippen molar-refractivity contribution in [3.8, 4) is 39.9 Å². The number of hydrogen-bond donors (Lipinski definition) is 0. The Morgan fingerprint density at radius 1 is 0.487 bits per heavy atom. The molecule has 7 aromatic rings. The van der Waals surface area contributed by atoms with Gasteiger partial charge in [0.05, 0.1) is 11.0 Å². The van der Waals surface area contributed by atoms with E-state index in [2.05, 4.69) is 77.9 Å². The number of hydrogen-bond acceptors (Lipinski definition) is 3. The molecule has 0 unspecified atom stereocenters. The van der Waals surface area contributed by atoms with Crippen LogP contribution in [0.5, 0.6) is 0 Å². The van der Waals surface area contributed by atoms with E-state index in [1.807, 2.05) is 66.7 Å². The van der Waals surface area contributed by atoms with E-state index in [1.54, 1.807) is 0 Å². The van der Waals surface area contributed by atoms with Gasteiger partial charge in [-0.05, 0) is 29.8 Å². The topological polar surface area (TPSA) is 43.6 Å². The minimum Gasteiger partial charge on any atom is -0.309 e. The monoisotopic (exact) mass is 500 g/mol. The molecule has 0 aliphatic heterocycles. The van der Waals surface area contributed by atoms with Gasteiger partial charge in [0.15, 0.2) is 17.5 Å². The standard InChI is InChI=1S/C35H24N4/c1-2-24-20-21-30-29-18-9-10-19-31(29)39(32(30)22-24)28-17-11-16-27(23-28)35-37-33(25-12-5-3-6-13-25)36-34(38-35)26-14-7-4-8-15-26/h2-23H,1H2. The number of fused-ring (bicyclic) bond motifs is 3. The molecule has 0 radical (unpaired) electrons. The van der Waals surface area contributed by atoms with Crippen LogP contribution < -0.4 is 0 Å². The van der Waals surface area contributed by atoms with Gasteiger partial charge in [-0.2, -0.15) is 0 Å². The molecular formula is C35H24N4. The fourth-order valence-electron chi connectivity index (χ4n) is 5.11. The Labute approximate surface area is 226 Å². The van der Waals surface area contributed by atoms with Crippen LogP contribution in [-0.2, 0) is 0 Å². The maximum Gasteiger partial charge on any atom is 0.164 e. The summed E-state index contributed by atoms with van der Waals surface area (Å²) in [5.74, 6) is 1.94. The quantitative estimate of drug-likeness (QED) is 0.238. The van der Waals surface area contributed by atoms with E-state index in [-0.39, 0.29) is 0 Å². The number of rotatable bonds is 5. The fraction of sp³-hybridized carbons (Fsp3) is 0. The molecule has 2 heterocycles. The zero-order valence-corrected chi connectivity index (χ0v) is 21.2. The van der Waals surface area contributed by atoms with Gasteiger partial charge in [0, 0.05) is 33.2 Å². The average Bonchev–Trinajstić information content (AvgIpc) is 3.35. The van der Waals surface area contributed by atoms with Gasteiger partial charge in [-0.25, -0.2) is 15.0 Å². The first-order valence-electron chi connectivity index (χ1n) is 12.9. The number of para-hydroxylation sites is 1. The van der Waals surface area contributed by atoms with Crippen LogP contribution in [0.3, 0.4) is 0 Å². The first-order valence-corrected chi connectivity index (χ1v) is 12.9. The Hall–Kier alpha value is -5.35. The zero-order chi connectivity index (χ0) is 26.2. The van der Waals surface area contributed by atoms with Crippen molar-refractivity contribution in [1.29, 1.82) is 0 Å². The van der Waals surface area contributed by atoms with Crippen molar-refractivity contribution in [2.75, 3.05) is 0 Å². The van der Waals surface area contributed by atoms with Crippen molar-refractivity contribution in [3.63, 3.8) is 0 Å². The van der Waals surface area contributed by atoms with Gasteiger partial charge >= 0.3 is 0 Å². The van der Waals surface area contributed by atoms with Crippen molar-refractivity contribution < 1.29 is 0 Å². The Morgan fingerprint density at radius 2 is 1.05 bits per heavy atom. The number of nitrogens with zero attached hydrogens (tertiary/aromatic N) is 4. The van der Waals surface area contributed by atoms with Crippen molar-refractivity contribution in [2.24, 2.45) is 0 Å². The molecule has 0 saturated heterocycles. The predicted molar refractivity (Wildman–Crippen MR) is 161 cm³/mol. The predicted octanol–water partition coefficient (Wildman–Crippen LogP) is 8.61. The van der Waals surface area contributed by atoms with Crippen molar-refractivity contribution in [3.05, 3.63) is 140 Å². The fourth-order valence-corrected chi connectivity index (χ4v) is 5.11. The Morgan fingerprint density at radius 3 is 1.72 bits per heavy atom. The van der Waals surface area contributed by atoms with Gasteiger partial charge < -0.3 is 4.57 Å². The van der Waals surface area contributed by atoms with Crippen LogP contribution >= 0.6 is 0 Å². The van der Waals surface area contributed by atoms with Gasteiger partial charge in [0.1, 0.15) is 0 Å². The van der Waals surface area contributed by atoms with Gasteiger partial charge in [0.2, 0.25) is 0 Å². The Kier molecular flexibility index (Phi) is 5.56. The second-order valence-corrected chi connectivity index (χ2v) is 9.42. The van der Waals surface area contributed by atoms with Crippen LogP contribution in [0.2, 0.25) is 0 Å². The second-order valence-electron chi connectivity index (χ2n) is 9.42. The molecular weight excluding hydrogens is 476 g/mol. The van der Waals surface area contributed by atoms with Crippen molar-refractivity contribution >= 4 is 27.9 Å². The van der Waals surface area contributed by atoms with Crippen LogP contribution in [0.1, 0.15) is 5.56 Å². The highest BCUT2D eigenvalue weighted by molar-refractivity contribution is 6.09. The van der Waals surface area contributed by atoms with Gasteiger partial charge in [0.25, 0.3) is 0 Å². The summed E-state index contributed by atoms with van der Waals surface area (Å²) in [7, 11) is 0. The van der Waals surface area contributed by atoms with E-state index in [4.69, 9.17) is 15.0 Å². The molecule has 4 nitrogen and oxygen atoms in total. The number of benzene rings is 5. The molecule has 0 amide bonds. The lowest BCUT2D eigenvalue weighted by Crippen LogP contribution is -2.01. The van der Waals surface area contributed by atoms with E-state index in [9.17, 15) is 0 Å². The Bertz CT molecular complexity index is 1910. The maximum absolute atomic E-state index is 4.93. The first-order chi connectivity index (χ1) is 19.3. The highest BCUT2D eigenvalue weighted by atomic mass is 15.0. The molecule has 0 spiro atoms. The second kappa shape index (κ2) is 9.51. The van der Waals surface area contributed by atoms with Crippen molar-refractivity contribution in [2.45, 2.75) is 0 Å². The third kappa shape index (κ3) is 4.09. The van der Waals surface area contributed by atoms with Gasteiger partial charge in [-0.1, -0.05) is 116 Å². The normalized spacial score (nSPS) is 11.2. The first kappa shape index (κ1) is 22.8. The zero-order valence-electron chi connectivity index (χ0n) is 21.2. The van der Waals surface area contributed by atoms with E-state index in [0.29, 0.717) is 17.5 Å². The van der Waals surface area contributed by atoms with E-state index in [0.717, 1.165) is 39.0 Å². The summed E-state index contributed by atoms with van der Waals surface area (Å²) in [6.07, 6.45) is 1.89. The third-order valence-corrected chi connectivity index (χ3v) is 7.00. The summed E-state index contributed by atoms with van der Waals surface area (Å²) in [5.41, 5.74) is 7.24. The van der Waals surface area contributed by atoms with Crippen LogP contribution in [0.15, 0.2) is 134 Å². The molecule has 184 valence electrons. The molecule has 0 bridgehead atoms. The van der Waals surface area contributed by atoms with E-state index < -0.39 is 0 Å². The van der Waals surface area contributed by atoms with Crippen LogP contribution in [0.4, 0.5) is 0 Å². The summed E-state index contributed by atoms with van der Waals surface area (Å²) >= 11 is 0. The van der Waals surface area contributed by atoms with Crippen LogP contribution in [0, 0.1) is 0 Å². The molecule has 0 atom stereocenters. The smallest absolute Gasteiger partial charge is 0.164 e. The molecule has 0 aliphatic rings. The van der Waals surface area contributed by atoms with Gasteiger partial charge in [-0.3, -0.25) is 0 Å². The Balaban J connectivity index is 1.44. The molecule has 0 fully saturated rings. The minimum atomic E-state index is 0.636. The average molecular weight is 501 g/mol.